The Labute approximate surface area is 115 Å². The zero-order valence-electron chi connectivity index (χ0n) is 11.3. The molecule has 1 atom stereocenters. The second-order valence-electron chi connectivity index (χ2n) is 5.26. The Balaban J connectivity index is 1.99. The molecule has 1 aromatic heterocycles. The van der Waals surface area contributed by atoms with Crippen molar-refractivity contribution in [1.82, 2.24) is 15.1 Å². The monoisotopic (exact) mass is 286 g/mol. The van der Waals surface area contributed by atoms with Crippen LogP contribution in [0, 0.1) is 0 Å². The van der Waals surface area contributed by atoms with Crippen molar-refractivity contribution < 1.29 is 14.3 Å². The highest BCUT2D eigenvalue weighted by Crippen LogP contribution is 2.26. The predicted octanol–water partition coefficient (Wildman–Crippen LogP) is 1.43. The number of aromatic nitrogens is 2. The average molecular weight is 286 g/mol. The van der Waals surface area contributed by atoms with Crippen LogP contribution in [0.1, 0.15) is 31.9 Å². The SMILES string of the molecule is CC(C)(C)OC(=O)N1CCOC(c2nnc(N)s2)C1. The third-order valence-electron chi connectivity index (χ3n) is 2.45. The molecular weight excluding hydrogens is 268 g/mol. The van der Waals surface area contributed by atoms with Crippen LogP contribution in [0.2, 0.25) is 0 Å². The van der Waals surface area contributed by atoms with E-state index in [1.54, 1.807) is 4.90 Å². The number of nitrogens with zero attached hydrogens (tertiary/aromatic N) is 3. The minimum atomic E-state index is -0.502. The van der Waals surface area contributed by atoms with Crippen LogP contribution < -0.4 is 5.73 Å². The molecule has 8 heteroatoms. The standard InChI is InChI=1S/C11H18N4O3S/c1-11(2,3)18-10(16)15-4-5-17-7(6-15)8-13-14-9(12)19-8/h7H,4-6H2,1-3H3,(H2,12,14). The van der Waals surface area contributed by atoms with E-state index in [4.69, 9.17) is 15.2 Å². The number of amides is 1. The molecule has 19 heavy (non-hydrogen) atoms. The first-order valence-electron chi connectivity index (χ1n) is 6.03. The lowest BCUT2D eigenvalue weighted by atomic mass is 10.2. The van der Waals surface area contributed by atoms with Crippen LogP contribution in [0.5, 0.6) is 0 Å². The number of anilines is 1. The summed E-state index contributed by atoms with van der Waals surface area (Å²) in [5, 5.41) is 8.78. The van der Waals surface area contributed by atoms with Crippen LogP contribution in [-0.4, -0.2) is 46.5 Å². The highest BCUT2D eigenvalue weighted by molar-refractivity contribution is 7.15. The fourth-order valence-corrected chi connectivity index (χ4v) is 2.32. The first-order chi connectivity index (χ1) is 8.85. The van der Waals surface area contributed by atoms with Gasteiger partial charge in [0.2, 0.25) is 5.13 Å². The maximum absolute atomic E-state index is 12.0. The largest absolute Gasteiger partial charge is 0.444 e. The maximum atomic E-state index is 12.0. The normalized spacial score (nSPS) is 20.4. The number of hydrogen-bond acceptors (Lipinski definition) is 7. The summed E-state index contributed by atoms with van der Waals surface area (Å²) in [6, 6.07) is 0. The van der Waals surface area contributed by atoms with E-state index >= 15 is 0 Å². The van der Waals surface area contributed by atoms with Gasteiger partial charge >= 0.3 is 6.09 Å². The van der Waals surface area contributed by atoms with E-state index < -0.39 is 5.60 Å². The zero-order valence-corrected chi connectivity index (χ0v) is 12.1. The van der Waals surface area contributed by atoms with Gasteiger partial charge in [-0.15, -0.1) is 10.2 Å². The van der Waals surface area contributed by atoms with Crippen LogP contribution in [0.15, 0.2) is 0 Å². The first kappa shape index (κ1) is 14.0. The molecule has 0 bridgehead atoms. The lowest BCUT2D eigenvalue weighted by molar-refractivity contribution is -0.0435. The molecule has 1 aliphatic heterocycles. The molecule has 1 aromatic rings. The van der Waals surface area contributed by atoms with Crippen molar-refractivity contribution in [2.24, 2.45) is 0 Å². The van der Waals surface area contributed by atoms with Gasteiger partial charge in [-0.3, -0.25) is 0 Å². The van der Waals surface area contributed by atoms with Crippen molar-refractivity contribution in [3.8, 4) is 0 Å². The molecule has 1 aliphatic rings. The molecule has 1 saturated heterocycles. The number of morpholine rings is 1. The number of carbonyl (C=O) groups excluding carboxylic acids is 1. The van der Waals surface area contributed by atoms with Crippen LogP contribution in [0.25, 0.3) is 0 Å². The molecule has 0 aliphatic carbocycles. The van der Waals surface area contributed by atoms with E-state index in [1.807, 2.05) is 20.8 Å². The van der Waals surface area contributed by atoms with E-state index in [0.717, 1.165) is 0 Å². The molecule has 0 aromatic carbocycles. The minimum Gasteiger partial charge on any atom is -0.444 e. The second-order valence-corrected chi connectivity index (χ2v) is 6.31. The molecule has 7 nitrogen and oxygen atoms in total. The molecule has 106 valence electrons. The molecule has 2 heterocycles. The maximum Gasteiger partial charge on any atom is 0.410 e. The summed E-state index contributed by atoms with van der Waals surface area (Å²) in [5.41, 5.74) is 5.05. The van der Waals surface area contributed by atoms with Gasteiger partial charge in [-0.05, 0) is 20.8 Å². The molecule has 2 rings (SSSR count). The van der Waals surface area contributed by atoms with Crippen molar-refractivity contribution in [3.05, 3.63) is 5.01 Å². The molecular formula is C11H18N4O3S. The third kappa shape index (κ3) is 3.77. The van der Waals surface area contributed by atoms with Gasteiger partial charge in [0.1, 0.15) is 16.7 Å². The third-order valence-corrected chi connectivity index (χ3v) is 3.29. The van der Waals surface area contributed by atoms with Gasteiger partial charge in [0.15, 0.2) is 0 Å². The van der Waals surface area contributed by atoms with Gasteiger partial charge in [-0.1, -0.05) is 11.3 Å². The number of hydrogen-bond donors (Lipinski definition) is 1. The average Bonchev–Trinajstić information content (AvgIpc) is 2.74. The van der Waals surface area contributed by atoms with Gasteiger partial charge in [0.25, 0.3) is 0 Å². The van der Waals surface area contributed by atoms with Gasteiger partial charge in [-0.25, -0.2) is 4.79 Å². The van der Waals surface area contributed by atoms with Gasteiger partial charge in [0.05, 0.1) is 13.2 Å². The van der Waals surface area contributed by atoms with Gasteiger partial charge in [0, 0.05) is 6.54 Å². The predicted molar refractivity (Wildman–Crippen MR) is 70.8 cm³/mol. The van der Waals surface area contributed by atoms with E-state index in [1.165, 1.54) is 11.3 Å². The van der Waals surface area contributed by atoms with E-state index in [-0.39, 0.29) is 12.2 Å². The van der Waals surface area contributed by atoms with Crippen molar-refractivity contribution in [3.63, 3.8) is 0 Å². The highest BCUT2D eigenvalue weighted by atomic mass is 32.1. The molecule has 1 unspecified atom stereocenters. The van der Waals surface area contributed by atoms with Crippen LogP contribution in [0.3, 0.4) is 0 Å². The van der Waals surface area contributed by atoms with Crippen LogP contribution >= 0.6 is 11.3 Å². The van der Waals surface area contributed by atoms with E-state index in [9.17, 15) is 4.79 Å². The Hall–Kier alpha value is -1.41. The molecule has 2 N–H and O–H groups in total. The van der Waals surface area contributed by atoms with Gasteiger partial charge < -0.3 is 20.1 Å². The highest BCUT2D eigenvalue weighted by Gasteiger charge is 2.30. The van der Waals surface area contributed by atoms with Gasteiger partial charge in [-0.2, -0.15) is 0 Å². The molecule has 0 spiro atoms. The fraction of sp³-hybridized carbons (Fsp3) is 0.727. The summed E-state index contributed by atoms with van der Waals surface area (Å²) >= 11 is 1.27. The first-order valence-corrected chi connectivity index (χ1v) is 6.85. The van der Waals surface area contributed by atoms with Crippen molar-refractivity contribution in [2.75, 3.05) is 25.4 Å². The molecule has 1 amide bonds. The van der Waals surface area contributed by atoms with Crippen LogP contribution in [0.4, 0.5) is 9.93 Å². The van der Waals surface area contributed by atoms with E-state index in [0.29, 0.717) is 29.8 Å². The smallest absolute Gasteiger partial charge is 0.410 e. The summed E-state index contributed by atoms with van der Waals surface area (Å²) in [6.07, 6.45) is -0.616. The zero-order chi connectivity index (χ0) is 14.0. The Morgan fingerprint density at radius 2 is 2.26 bits per heavy atom. The quantitative estimate of drug-likeness (QED) is 0.839. The fourth-order valence-electron chi connectivity index (χ4n) is 1.67. The number of rotatable bonds is 1. The van der Waals surface area contributed by atoms with Crippen molar-refractivity contribution >= 4 is 22.6 Å². The summed E-state index contributed by atoms with van der Waals surface area (Å²) in [7, 11) is 0. The Morgan fingerprint density at radius 1 is 1.53 bits per heavy atom. The number of nitrogens with two attached hydrogens (primary N) is 1. The number of ether oxygens (including phenoxy) is 2. The van der Waals surface area contributed by atoms with E-state index in [2.05, 4.69) is 10.2 Å². The van der Waals surface area contributed by atoms with Crippen molar-refractivity contribution in [2.45, 2.75) is 32.5 Å². The summed E-state index contributed by atoms with van der Waals surface area (Å²) in [4.78, 5) is 13.6. The molecule has 1 fully saturated rings. The second kappa shape index (κ2) is 5.30. The topological polar surface area (TPSA) is 90.6 Å². The summed E-state index contributed by atoms with van der Waals surface area (Å²) in [5.74, 6) is 0. The van der Waals surface area contributed by atoms with Crippen molar-refractivity contribution in [1.29, 1.82) is 0 Å². The summed E-state index contributed by atoms with van der Waals surface area (Å²) in [6.45, 7) is 6.89. The Bertz CT molecular complexity index is 457. The number of carbonyl (C=O) groups is 1. The Kier molecular flexibility index (Phi) is 3.91. The molecule has 0 radical (unpaired) electrons. The lowest BCUT2D eigenvalue weighted by Crippen LogP contribution is -2.44. The minimum absolute atomic E-state index is 0.281. The molecule has 0 saturated carbocycles. The van der Waals surface area contributed by atoms with Crippen LogP contribution in [-0.2, 0) is 9.47 Å². The lowest BCUT2D eigenvalue weighted by Gasteiger charge is -2.33. The summed E-state index contributed by atoms with van der Waals surface area (Å²) < 4.78 is 10.9. The Morgan fingerprint density at radius 3 is 2.84 bits per heavy atom. The number of nitrogen functional groups attached to an aromatic ring is 1.